The first-order chi connectivity index (χ1) is 17.2. The number of halogens is 2. The number of fused-ring (bicyclic) bond motifs is 1. The minimum atomic E-state index is 0. The molecule has 0 bridgehead atoms. The predicted octanol–water partition coefficient (Wildman–Crippen LogP) is 6.52. The van der Waals surface area contributed by atoms with Gasteiger partial charge in [0.15, 0.2) is 11.5 Å². The van der Waals surface area contributed by atoms with Crippen molar-refractivity contribution in [3.63, 3.8) is 0 Å². The van der Waals surface area contributed by atoms with Crippen LogP contribution in [0.15, 0.2) is 36.4 Å². The molecular formula is C30H48Cl2N2O3. The fourth-order valence-electron chi connectivity index (χ4n) is 5.34. The maximum Gasteiger partial charge on any atom is 0.164 e. The van der Waals surface area contributed by atoms with Crippen LogP contribution in [0.3, 0.4) is 0 Å². The summed E-state index contributed by atoms with van der Waals surface area (Å²) in [6.45, 7) is 6.84. The van der Waals surface area contributed by atoms with E-state index in [0.717, 1.165) is 49.6 Å². The molecule has 1 aliphatic rings. The van der Waals surface area contributed by atoms with Crippen LogP contribution in [0.25, 0.3) is 0 Å². The molecular weight excluding hydrogens is 507 g/mol. The van der Waals surface area contributed by atoms with Gasteiger partial charge in [0.2, 0.25) is 0 Å². The standard InChI is InChI=1S/C30H46N2O3.2ClH/c1-5-20-32(26-14-15-28-25(23-26)13-16-29(34-3)30(28)35-4)21-9-7-6-8-18-31-19-17-24-11-10-12-27(22-24)33-2;;/h10-13,16,22,26,31H,5-9,14-15,17-21,23H2,1-4H3;2*1H. The lowest BCUT2D eigenvalue weighted by Gasteiger charge is -2.36. The monoisotopic (exact) mass is 554 g/mol. The summed E-state index contributed by atoms with van der Waals surface area (Å²) in [6, 6.07) is 13.3. The second-order valence-corrected chi connectivity index (χ2v) is 9.64. The van der Waals surface area contributed by atoms with Crippen LogP contribution >= 0.6 is 24.8 Å². The summed E-state index contributed by atoms with van der Waals surface area (Å²) in [4.78, 5) is 2.74. The molecule has 7 heteroatoms. The molecule has 0 saturated heterocycles. The maximum absolute atomic E-state index is 5.69. The van der Waals surface area contributed by atoms with E-state index in [1.165, 1.54) is 68.3 Å². The Hall–Kier alpha value is -1.66. The van der Waals surface area contributed by atoms with Gasteiger partial charge in [0.25, 0.3) is 0 Å². The zero-order chi connectivity index (χ0) is 24.9. The van der Waals surface area contributed by atoms with Gasteiger partial charge in [-0.1, -0.05) is 38.0 Å². The van der Waals surface area contributed by atoms with E-state index in [2.05, 4.69) is 47.5 Å². The van der Waals surface area contributed by atoms with Gasteiger partial charge in [0.05, 0.1) is 21.3 Å². The van der Waals surface area contributed by atoms with Gasteiger partial charge in [0.1, 0.15) is 5.75 Å². The molecule has 0 fully saturated rings. The first-order valence-electron chi connectivity index (χ1n) is 13.5. The summed E-state index contributed by atoms with van der Waals surface area (Å²) in [7, 11) is 5.20. The summed E-state index contributed by atoms with van der Waals surface area (Å²) in [5, 5.41) is 3.60. The number of unbranched alkanes of at least 4 members (excludes halogenated alkanes) is 3. The van der Waals surface area contributed by atoms with Gasteiger partial charge in [0, 0.05) is 11.6 Å². The van der Waals surface area contributed by atoms with E-state index < -0.39 is 0 Å². The number of benzene rings is 2. The summed E-state index contributed by atoms with van der Waals surface area (Å²) in [6.07, 6.45) is 10.8. The summed E-state index contributed by atoms with van der Waals surface area (Å²) < 4.78 is 16.5. The minimum absolute atomic E-state index is 0. The lowest BCUT2D eigenvalue weighted by molar-refractivity contribution is 0.175. The van der Waals surface area contributed by atoms with E-state index in [4.69, 9.17) is 14.2 Å². The molecule has 1 atom stereocenters. The number of nitrogens with one attached hydrogen (secondary N) is 1. The van der Waals surface area contributed by atoms with Gasteiger partial charge in [-0.2, -0.15) is 0 Å². The molecule has 0 radical (unpaired) electrons. The van der Waals surface area contributed by atoms with E-state index in [1.807, 2.05) is 6.07 Å². The quantitative estimate of drug-likeness (QED) is 0.239. The SMILES string of the molecule is CCCN(CCCCCCNCCc1cccc(OC)c1)C1CCc2c(ccc(OC)c2OC)C1.Cl.Cl. The normalized spacial score (nSPS) is 14.4. The van der Waals surface area contributed by atoms with Crippen molar-refractivity contribution in [1.29, 1.82) is 0 Å². The Labute approximate surface area is 237 Å². The van der Waals surface area contributed by atoms with E-state index in [0.29, 0.717) is 6.04 Å². The maximum atomic E-state index is 5.69. The minimum Gasteiger partial charge on any atom is -0.497 e. The first kappa shape index (κ1) is 33.4. The molecule has 0 saturated carbocycles. The molecule has 0 heterocycles. The molecule has 0 aliphatic heterocycles. The number of nitrogens with zero attached hydrogens (tertiary/aromatic N) is 1. The average Bonchev–Trinajstić information content (AvgIpc) is 2.90. The Morgan fingerprint density at radius 2 is 1.70 bits per heavy atom. The number of methoxy groups -OCH3 is 3. The third-order valence-corrected chi connectivity index (χ3v) is 7.23. The van der Waals surface area contributed by atoms with E-state index in [9.17, 15) is 0 Å². The summed E-state index contributed by atoms with van der Waals surface area (Å²) in [5.41, 5.74) is 4.11. The molecule has 2 aromatic carbocycles. The number of rotatable bonds is 16. The summed E-state index contributed by atoms with van der Waals surface area (Å²) >= 11 is 0. The van der Waals surface area contributed by atoms with Crippen LogP contribution in [0, 0.1) is 0 Å². The molecule has 1 aliphatic carbocycles. The molecule has 3 rings (SSSR count). The third-order valence-electron chi connectivity index (χ3n) is 7.23. The van der Waals surface area contributed by atoms with Crippen LogP contribution in [-0.2, 0) is 19.3 Å². The second-order valence-electron chi connectivity index (χ2n) is 9.64. The van der Waals surface area contributed by atoms with Gasteiger partial charge in [-0.05, 0) is 100 Å². The van der Waals surface area contributed by atoms with Gasteiger partial charge in [-0.3, -0.25) is 0 Å². The predicted molar refractivity (Wildman–Crippen MR) is 160 cm³/mol. The smallest absolute Gasteiger partial charge is 0.164 e. The Bertz CT molecular complexity index is 897. The molecule has 0 spiro atoms. The lowest BCUT2D eigenvalue weighted by Crippen LogP contribution is -2.40. The average molecular weight is 556 g/mol. The Morgan fingerprint density at radius 1 is 0.892 bits per heavy atom. The molecule has 5 nitrogen and oxygen atoms in total. The number of hydrogen-bond acceptors (Lipinski definition) is 5. The molecule has 37 heavy (non-hydrogen) atoms. The summed E-state index contributed by atoms with van der Waals surface area (Å²) in [5.74, 6) is 2.73. The van der Waals surface area contributed by atoms with E-state index in [-0.39, 0.29) is 24.8 Å². The molecule has 0 aromatic heterocycles. The van der Waals surface area contributed by atoms with Crippen LogP contribution in [0.4, 0.5) is 0 Å². The zero-order valence-electron chi connectivity index (χ0n) is 23.2. The van der Waals surface area contributed by atoms with Crippen LogP contribution in [-0.4, -0.2) is 58.5 Å². The van der Waals surface area contributed by atoms with Crippen molar-refractivity contribution in [2.75, 3.05) is 47.5 Å². The topological polar surface area (TPSA) is 43.0 Å². The van der Waals surface area contributed by atoms with Crippen molar-refractivity contribution < 1.29 is 14.2 Å². The van der Waals surface area contributed by atoms with Crippen LogP contribution < -0.4 is 19.5 Å². The Morgan fingerprint density at radius 3 is 2.43 bits per heavy atom. The molecule has 2 aromatic rings. The van der Waals surface area contributed by atoms with Crippen molar-refractivity contribution in [3.8, 4) is 17.2 Å². The fraction of sp³-hybridized carbons (Fsp3) is 0.600. The van der Waals surface area contributed by atoms with E-state index in [1.54, 1.807) is 21.3 Å². The molecule has 0 amide bonds. The van der Waals surface area contributed by atoms with Crippen molar-refractivity contribution in [2.45, 2.75) is 70.8 Å². The van der Waals surface area contributed by atoms with E-state index >= 15 is 0 Å². The molecule has 210 valence electrons. The highest BCUT2D eigenvalue weighted by atomic mass is 35.5. The largest absolute Gasteiger partial charge is 0.497 e. The molecule has 1 unspecified atom stereocenters. The zero-order valence-corrected chi connectivity index (χ0v) is 24.9. The van der Waals surface area contributed by atoms with Crippen LogP contribution in [0.1, 0.15) is 62.1 Å². The highest BCUT2D eigenvalue weighted by molar-refractivity contribution is 5.85. The van der Waals surface area contributed by atoms with Crippen molar-refractivity contribution in [2.24, 2.45) is 0 Å². The van der Waals surface area contributed by atoms with Gasteiger partial charge in [-0.25, -0.2) is 0 Å². The van der Waals surface area contributed by atoms with Crippen LogP contribution in [0.2, 0.25) is 0 Å². The fourth-order valence-corrected chi connectivity index (χ4v) is 5.34. The van der Waals surface area contributed by atoms with Crippen molar-refractivity contribution >= 4 is 24.8 Å². The van der Waals surface area contributed by atoms with Gasteiger partial charge in [-0.15, -0.1) is 24.8 Å². The van der Waals surface area contributed by atoms with Crippen LogP contribution in [0.5, 0.6) is 17.2 Å². The Kier molecular flexibility index (Phi) is 16.7. The van der Waals surface area contributed by atoms with Crippen molar-refractivity contribution in [3.05, 3.63) is 53.1 Å². The van der Waals surface area contributed by atoms with Gasteiger partial charge >= 0.3 is 0 Å². The number of hydrogen-bond donors (Lipinski definition) is 1. The Balaban J connectivity index is 0.00000342. The highest BCUT2D eigenvalue weighted by Gasteiger charge is 2.27. The third kappa shape index (κ3) is 10.2. The van der Waals surface area contributed by atoms with Crippen molar-refractivity contribution in [1.82, 2.24) is 10.2 Å². The lowest BCUT2D eigenvalue weighted by atomic mass is 9.86. The number of ether oxygens (including phenoxy) is 3. The second kappa shape index (κ2) is 18.6. The molecule has 1 N–H and O–H groups in total. The van der Waals surface area contributed by atoms with Gasteiger partial charge < -0.3 is 24.4 Å². The first-order valence-corrected chi connectivity index (χ1v) is 13.5. The highest BCUT2D eigenvalue weighted by Crippen LogP contribution is 2.38.